The Labute approximate surface area is 135 Å². The van der Waals surface area contributed by atoms with E-state index in [4.69, 9.17) is 11.6 Å². The Kier molecular flexibility index (Phi) is 5.46. The van der Waals surface area contributed by atoms with Crippen LogP contribution in [0.1, 0.15) is 16.8 Å². The average molecular weight is 343 g/mol. The molecule has 0 fully saturated rings. The molecule has 0 amide bonds. The molecule has 0 saturated heterocycles. The highest BCUT2D eigenvalue weighted by molar-refractivity contribution is 6.32. The maximum atomic E-state index is 12.2. The number of rotatable bonds is 5. The first-order valence-electron chi connectivity index (χ1n) is 6.49. The largest absolute Gasteiger partial charge is 0.505 e. The first-order valence-corrected chi connectivity index (χ1v) is 6.87. The SMILES string of the molecule is Cc1ncc(CO)c(C=Nc2ccc(OC(F)F)c(Cl)c2)c1O. The van der Waals surface area contributed by atoms with Gasteiger partial charge in [-0.3, -0.25) is 9.98 Å². The summed E-state index contributed by atoms with van der Waals surface area (Å²) in [5, 5.41) is 19.2. The minimum absolute atomic E-state index is 0.0162. The van der Waals surface area contributed by atoms with E-state index in [2.05, 4.69) is 14.7 Å². The van der Waals surface area contributed by atoms with Gasteiger partial charge in [0.2, 0.25) is 0 Å². The highest BCUT2D eigenvalue weighted by Gasteiger charge is 2.11. The predicted octanol–water partition coefficient (Wildman–Crippen LogP) is 3.59. The Morgan fingerprint density at radius 2 is 2.17 bits per heavy atom. The summed E-state index contributed by atoms with van der Waals surface area (Å²) in [6, 6.07) is 4.05. The zero-order chi connectivity index (χ0) is 17.0. The number of alkyl halides is 2. The second-order valence-corrected chi connectivity index (χ2v) is 4.95. The second kappa shape index (κ2) is 7.34. The van der Waals surface area contributed by atoms with Crippen molar-refractivity contribution in [2.75, 3.05) is 0 Å². The molecular formula is C15H13ClF2N2O3. The van der Waals surface area contributed by atoms with Gasteiger partial charge in [-0.15, -0.1) is 0 Å². The van der Waals surface area contributed by atoms with Crippen molar-refractivity contribution in [2.24, 2.45) is 4.99 Å². The number of ether oxygens (including phenoxy) is 1. The lowest BCUT2D eigenvalue weighted by Crippen LogP contribution is -2.02. The van der Waals surface area contributed by atoms with Crippen LogP contribution in [0.15, 0.2) is 29.4 Å². The van der Waals surface area contributed by atoms with Gasteiger partial charge in [-0.2, -0.15) is 8.78 Å². The molecule has 0 bridgehead atoms. The molecule has 1 aromatic heterocycles. The predicted molar refractivity (Wildman–Crippen MR) is 81.9 cm³/mol. The number of aliphatic hydroxyl groups is 1. The van der Waals surface area contributed by atoms with E-state index >= 15 is 0 Å². The molecule has 0 aliphatic carbocycles. The summed E-state index contributed by atoms with van der Waals surface area (Å²) in [6.45, 7) is -1.67. The number of benzene rings is 1. The quantitative estimate of drug-likeness (QED) is 0.814. The number of pyridine rings is 1. The van der Waals surface area contributed by atoms with Gasteiger partial charge in [0.15, 0.2) is 0 Å². The molecule has 23 heavy (non-hydrogen) atoms. The van der Waals surface area contributed by atoms with Crippen molar-refractivity contribution in [1.29, 1.82) is 0 Å². The van der Waals surface area contributed by atoms with Crippen LogP contribution in [-0.2, 0) is 6.61 Å². The molecule has 8 heteroatoms. The first kappa shape index (κ1) is 17.1. The molecule has 0 aliphatic rings. The third-order valence-corrected chi connectivity index (χ3v) is 3.30. The van der Waals surface area contributed by atoms with Gasteiger partial charge < -0.3 is 14.9 Å². The van der Waals surface area contributed by atoms with E-state index in [-0.39, 0.29) is 23.1 Å². The van der Waals surface area contributed by atoms with Crippen LogP contribution in [0.5, 0.6) is 11.5 Å². The van der Waals surface area contributed by atoms with E-state index in [0.29, 0.717) is 22.5 Å². The average Bonchev–Trinajstić information content (AvgIpc) is 2.51. The minimum atomic E-state index is -2.97. The van der Waals surface area contributed by atoms with Gasteiger partial charge in [0.25, 0.3) is 0 Å². The van der Waals surface area contributed by atoms with Crippen molar-refractivity contribution in [3.05, 3.63) is 46.2 Å². The molecule has 5 nitrogen and oxygen atoms in total. The van der Waals surface area contributed by atoms with E-state index in [1.165, 1.54) is 30.6 Å². The number of aliphatic hydroxyl groups excluding tert-OH is 1. The van der Waals surface area contributed by atoms with Crippen LogP contribution in [0.2, 0.25) is 5.02 Å². The van der Waals surface area contributed by atoms with Gasteiger partial charge >= 0.3 is 6.61 Å². The van der Waals surface area contributed by atoms with Crippen LogP contribution < -0.4 is 4.74 Å². The fourth-order valence-electron chi connectivity index (χ4n) is 1.82. The maximum absolute atomic E-state index is 12.2. The number of aryl methyl sites for hydroxylation is 1. The highest BCUT2D eigenvalue weighted by atomic mass is 35.5. The summed E-state index contributed by atoms with van der Waals surface area (Å²) in [5.74, 6) is -0.247. The molecule has 1 aromatic carbocycles. The normalized spacial score (nSPS) is 11.4. The lowest BCUT2D eigenvalue weighted by molar-refractivity contribution is -0.0497. The van der Waals surface area contributed by atoms with Gasteiger partial charge in [0.05, 0.1) is 23.0 Å². The van der Waals surface area contributed by atoms with Crippen molar-refractivity contribution in [2.45, 2.75) is 20.1 Å². The van der Waals surface area contributed by atoms with Gasteiger partial charge in [-0.1, -0.05) is 11.6 Å². The molecule has 0 saturated carbocycles. The molecule has 0 spiro atoms. The molecular weight excluding hydrogens is 330 g/mol. The minimum Gasteiger partial charge on any atom is -0.505 e. The monoisotopic (exact) mass is 342 g/mol. The fourth-order valence-corrected chi connectivity index (χ4v) is 2.04. The van der Waals surface area contributed by atoms with Gasteiger partial charge in [-0.05, 0) is 25.1 Å². The molecule has 0 radical (unpaired) electrons. The number of hydrogen-bond donors (Lipinski definition) is 2. The number of nitrogens with zero attached hydrogens (tertiary/aromatic N) is 2. The van der Waals surface area contributed by atoms with Crippen LogP contribution in [0.25, 0.3) is 0 Å². The van der Waals surface area contributed by atoms with Crippen molar-refractivity contribution in [3.63, 3.8) is 0 Å². The Balaban J connectivity index is 2.31. The van der Waals surface area contributed by atoms with Crippen molar-refractivity contribution >= 4 is 23.5 Å². The van der Waals surface area contributed by atoms with Crippen LogP contribution in [0, 0.1) is 6.92 Å². The molecule has 122 valence electrons. The number of aromatic nitrogens is 1. The highest BCUT2D eigenvalue weighted by Crippen LogP contribution is 2.30. The molecule has 2 aromatic rings. The fraction of sp³-hybridized carbons (Fsp3) is 0.200. The Hall–Kier alpha value is -2.25. The number of hydrogen-bond acceptors (Lipinski definition) is 5. The molecule has 2 rings (SSSR count). The molecule has 0 unspecified atom stereocenters. The first-order chi connectivity index (χ1) is 10.9. The van der Waals surface area contributed by atoms with Gasteiger partial charge in [0.1, 0.15) is 11.5 Å². The van der Waals surface area contributed by atoms with Crippen LogP contribution in [0.3, 0.4) is 0 Å². The summed E-state index contributed by atoms with van der Waals surface area (Å²) in [7, 11) is 0. The van der Waals surface area contributed by atoms with Crippen LogP contribution in [0.4, 0.5) is 14.5 Å². The summed E-state index contributed by atoms with van der Waals surface area (Å²) < 4.78 is 28.6. The van der Waals surface area contributed by atoms with Crippen LogP contribution in [-0.4, -0.2) is 28.0 Å². The van der Waals surface area contributed by atoms with E-state index < -0.39 is 6.61 Å². The van der Waals surface area contributed by atoms with E-state index in [0.717, 1.165) is 0 Å². The number of aliphatic imine (C=N–C) groups is 1. The Morgan fingerprint density at radius 3 is 2.78 bits per heavy atom. The Morgan fingerprint density at radius 1 is 1.43 bits per heavy atom. The summed E-state index contributed by atoms with van der Waals surface area (Å²) in [5.41, 5.74) is 1.49. The van der Waals surface area contributed by atoms with Crippen molar-refractivity contribution in [1.82, 2.24) is 4.98 Å². The lowest BCUT2D eigenvalue weighted by Gasteiger charge is -2.08. The maximum Gasteiger partial charge on any atom is 0.387 e. The van der Waals surface area contributed by atoms with E-state index in [1.54, 1.807) is 6.92 Å². The van der Waals surface area contributed by atoms with E-state index in [1.807, 2.05) is 0 Å². The second-order valence-electron chi connectivity index (χ2n) is 4.54. The smallest absolute Gasteiger partial charge is 0.387 e. The summed E-state index contributed by atoms with van der Waals surface area (Å²) in [6.07, 6.45) is 2.78. The molecule has 0 atom stereocenters. The third kappa shape index (κ3) is 4.14. The summed E-state index contributed by atoms with van der Waals surface area (Å²) >= 11 is 5.84. The molecule has 0 aliphatic heterocycles. The van der Waals surface area contributed by atoms with Gasteiger partial charge in [-0.25, -0.2) is 0 Å². The third-order valence-electron chi connectivity index (χ3n) is 3.00. The lowest BCUT2D eigenvalue weighted by atomic mass is 10.1. The standard InChI is InChI=1S/C15H13ClF2N2O3/c1-8-14(22)11(9(7-21)5-19-8)6-20-10-2-3-13(12(16)4-10)23-15(17)18/h2-6,15,21-22H,7H2,1H3. The van der Waals surface area contributed by atoms with Crippen LogP contribution >= 0.6 is 11.6 Å². The van der Waals surface area contributed by atoms with Crippen molar-refractivity contribution < 1.29 is 23.7 Å². The number of halogens is 3. The van der Waals surface area contributed by atoms with E-state index in [9.17, 15) is 19.0 Å². The topological polar surface area (TPSA) is 74.9 Å². The molecule has 1 heterocycles. The van der Waals surface area contributed by atoms with Gasteiger partial charge in [0, 0.05) is 23.5 Å². The van der Waals surface area contributed by atoms with Crippen molar-refractivity contribution in [3.8, 4) is 11.5 Å². The zero-order valence-corrected chi connectivity index (χ0v) is 12.8. The Bertz CT molecular complexity index is 739. The molecule has 2 N–H and O–H groups in total. The summed E-state index contributed by atoms with van der Waals surface area (Å²) in [4.78, 5) is 8.05. The number of aromatic hydroxyl groups is 1. The zero-order valence-electron chi connectivity index (χ0n) is 12.0.